The first kappa shape index (κ1) is 17.1. The van der Waals surface area contributed by atoms with E-state index in [1.807, 2.05) is 12.4 Å². The van der Waals surface area contributed by atoms with Crippen LogP contribution in [-0.2, 0) is 13.1 Å². The van der Waals surface area contributed by atoms with Gasteiger partial charge in [0, 0.05) is 24.3 Å². The molecule has 1 atom stereocenters. The van der Waals surface area contributed by atoms with Crippen molar-refractivity contribution in [2.75, 3.05) is 26.2 Å². The topological polar surface area (TPSA) is 53.3 Å². The highest BCUT2D eigenvalue weighted by atomic mass is 16.3. The molecule has 0 aliphatic heterocycles. The van der Waals surface area contributed by atoms with E-state index in [1.54, 1.807) is 4.68 Å². The van der Waals surface area contributed by atoms with E-state index < -0.39 is 0 Å². The highest BCUT2D eigenvalue weighted by molar-refractivity contribution is 5.03. The third-order valence-corrected chi connectivity index (χ3v) is 3.68. The number of nitrogens with zero attached hydrogens (tertiary/aromatic N) is 3. The van der Waals surface area contributed by atoms with Crippen LogP contribution in [0.1, 0.15) is 39.2 Å². The van der Waals surface area contributed by atoms with E-state index in [2.05, 4.69) is 36.1 Å². The minimum Gasteiger partial charge on any atom is -0.394 e. The molecule has 0 aliphatic rings. The number of hydrogen-bond acceptors (Lipinski definition) is 4. The molecule has 1 rings (SSSR count). The molecule has 0 amide bonds. The molecule has 0 fully saturated rings. The zero-order valence-corrected chi connectivity index (χ0v) is 13.2. The van der Waals surface area contributed by atoms with Crippen molar-refractivity contribution in [1.29, 1.82) is 0 Å². The molecule has 0 bridgehead atoms. The molecular weight excluding hydrogens is 252 g/mol. The number of hydrogen-bond donors (Lipinski definition) is 2. The summed E-state index contributed by atoms with van der Waals surface area (Å²) in [4.78, 5) is 2.46. The summed E-state index contributed by atoms with van der Waals surface area (Å²) >= 11 is 0. The summed E-state index contributed by atoms with van der Waals surface area (Å²) in [6.07, 6.45) is 6.29. The number of aromatic nitrogens is 2. The van der Waals surface area contributed by atoms with Crippen molar-refractivity contribution in [3.05, 3.63) is 18.0 Å². The zero-order valence-electron chi connectivity index (χ0n) is 13.2. The molecule has 1 unspecified atom stereocenters. The fourth-order valence-electron chi connectivity index (χ4n) is 2.28. The van der Waals surface area contributed by atoms with Crippen LogP contribution < -0.4 is 5.32 Å². The quantitative estimate of drug-likeness (QED) is 0.645. The molecule has 0 aliphatic carbocycles. The smallest absolute Gasteiger partial charge is 0.0640 e. The Kier molecular flexibility index (Phi) is 8.49. The first-order valence-corrected chi connectivity index (χ1v) is 7.77. The van der Waals surface area contributed by atoms with Gasteiger partial charge in [0.25, 0.3) is 0 Å². The van der Waals surface area contributed by atoms with Gasteiger partial charge in [-0.1, -0.05) is 13.8 Å². The lowest BCUT2D eigenvalue weighted by Gasteiger charge is -2.19. The molecule has 116 valence electrons. The van der Waals surface area contributed by atoms with Crippen LogP contribution in [0.15, 0.2) is 12.4 Å². The van der Waals surface area contributed by atoms with Gasteiger partial charge in [-0.25, -0.2) is 0 Å². The van der Waals surface area contributed by atoms with Crippen molar-refractivity contribution < 1.29 is 5.11 Å². The minimum atomic E-state index is 0.135. The van der Waals surface area contributed by atoms with Gasteiger partial charge in [-0.15, -0.1) is 0 Å². The average Bonchev–Trinajstić information content (AvgIpc) is 2.89. The molecule has 5 nitrogen and oxygen atoms in total. The Morgan fingerprint density at radius 2 is 2.15 bits per heavy atom. The SMILES string of the molecule is CCN(CC)CCCC(C)NCc1cnn(CCO)c1. The predicted octanol–water partition coefficient (Wildman–Crippen LogP) is 1.48. The lowest BCUT2D eigenvalue weighted by molar-refractivity contribution is 0.269. The Hall–Kier alpha value is -0.910. The molecule has 0 saturated carbocycles. The summed E-state index contributed by atoms with van der Waals surface area (Å²) < 4.78 is 1.78. The standard InChI is InChI=1S/C15H30N4O/c1-4-18(5-2)8-6-7-14(3)16-11-15-12-17-19(13-15)9-10-20/h12-14,16,20H,4-11H2,1-3H3. The summed E-state index contributed by atoms with van der Waals surface area (Å²) in [7, 11) is 0. The summed E-state index contributed by atoms with van der Waals surface area (Å²) in [5.41, 5.74) is 1.18. The number of rotatable bonds is 11. The van der Waals surface area contributed by atoms with Crippen molar-refractivity contribution >= 4 is 0 Å². The molecule has 1 aromatic rings. The summed E-state index contributed by atoms with van der Waals surface area (Å²) in [5, 5.41) is 16.6. The first-order chi connectivity index (χ1) is 9.69. The van der Waals surface area contributed by atoms with E-state index in [1.165, 1.54) is 24.9 Å². The van der Waals surface area contributed by atoms with E-state index in [0.29, 0.717) is 12.6 Å². The van der Waals surface area contributed by atoms with Crippen LogP contribution in [0.2, 0.25) is 0 Å². The van der Waals surface area contributed by atoms with Gasteiger partial charge in [0.15, 0.2) is 0 Å². The molecule has 5 heteroatoms. The third-order valence-electron chi connectivity index (χ3n) is 3.68. The first-order valence-electron chi connectivity index (χ1n) is 7.77. The Labute approximate surface area is 123 Å². The van der Waals surface area contributed by atoms with Crippen LogP contribution in [0, 0.1) is 0 Å². The Morgan fingerprint density at radius 1 is 1.40 bits per heavy atom. The monoisotopic (exact) mass is 282 g/mol. The molecule has 20 heavy (non-hydrogen) atoms. The molecule has 1 aromatic heterocycles. The molecule has 0 saturated heterocycles. The van der Waals surface area contributed by atoms with Crippen LogP contribution in [0.5, 0.6) is 0 Å². The second-order valence-corrected chi connectivity index (χ2v) is 5.29. The second-order valence-electron chi connectivity index (χ2n) is 5.29. The van der Waals surface area contributed by atoms with E-state index >= 15 is 0 Å². The number of aliphatic hydroxyl groups excluding tert-OH is 1. The van der Waals surface area contributed by atoms with Gasteiger partial charge in [-0.3, -0.25) is 4.68 Å². The van der Waals surface area contributed by atoms with Gasteiger partial charge in [-0.2, -0.15) is 5.10 Å². The Bertz CT molecular complexity index is 349. The summed E-state index contributed by atoms with van der Waals surface area (Å²) in [6.45, 7) is 11.7. The molecule has 0 radical (unpaired) electrons. The maximum Gasteiger partial charge on any atom is 0.0640 e. The van der Waals surface area contributed by atoms with Gasteiger partial charge in [0.05, 0.1) is 19.3 Å². The summed E-state index contributed by atoms with van der Waals surface area (Å²) in [6, 6.07) is 0.520. The predicted molar refractivity (Wildman–Crippen MR) is 82.6 cm³/mol. The maximum atomic E-state index is 8.85. The van der Waals surface area contributed by atoms with Gasteiger partial charge in [0.2, 0.25) is 0 Å². The largest absolute Gasteiger partial charge is 0.394 e. The van der Waals surface area contributed by atoms with Gasteiger partial charge >= 0.3 is 0 Å². The zero-order chi connectivity index (χ0) is 14.8. The molecule has 0 spiro atoms. The minimum absolute atomic E-state index is 0.135. The van der Waals surface area contributed by atoms with E-state index in [-0.39, 0.29) is 6.61 Å². The van der Waals surface area contributed by atoms with Crippen LogP contribution in [0.4, 0.5) is 0 Å². The fourth-order valence-corrected chi connectivity index (χ4v) is 2.28. The van der Waals surface area contributed by atoms with E-state index in [4.69, 9.17) is 5.11 Å². The Balaban J connectivity index is 2.17. The van der Waals surface area contributed by atoms with Crippen LogP contribution in [0.3, 0.4) is 0 Å². The average molecular weight is 282 g/mol. The molecule has 0 aromatic carbocycles. The van der Waals surface area contributed by atoms with Gasteiger partial charge in [0.1, 0.15) is 0 Å². The van der Waals surface area contributed by atoms with Gasteiger partial charge in [-0.05, 0) is 39.4 Å². The number of nitrogens with one attached hydrogen (secondary N) is 1. The molecule has 1 heterocycles. The van der Waals surface area contributed by atoms with Crippen LogP contribution in [-0.4, -0.2) is 52.1 Å². The summed E-state index contributed by atoms with van der Waals surface area (Å²) in [5.74, 6) is 0. The van der Waals surface area contributed by atoms with Crippen molar-refractivity contribution in [1.82, 2.24) is 20.0 Å². The lowest BCUT2D eigenvalue weighted by Crippen LogP contribution is -2.28. The van der Waals surface area contributed by atoms with Crippen LogP contribution >= 0.6 is 0 Å². The van der Waals surface area contributed by atoms with E-state index in [9.17, 15) is 0 Å². The van der Waals surface area contributed by atoms with E-state index in [0.717, 1.165) is 19.6 Å². The third kappa shape index (κ3) is 6.50. The molecule has 2 N–H and O–H groups in total. The van der Waals surface area contributed by atoms with Crippen molar-refractivity contribution in [3.8, 4) is 0 Å². The number of aliphatic hydroxyl groups is 1. The fraction of sp³-hybridized carbons (Fsp3) is 0.800. The van der Waals surface area contributed by atoms with Gasteiger partial charge < -0.3 is 15.3 Å². The van der Waals surface area contributed by atoms with Crippen molar-refractivity contribution in [3.63, 3.8) is 0 Å². The normalized spacial score (nSPS) is 13.1. The van der Waals surface area contributed by atoms with Crippen LogP contribution in [0.25, 0.3) is 0 Å². The highest BCUT2D eigenvalue weighted by Crippen LogP contribution is 2.02. The van der Waals surface area contributed by atoms with Crippen molar-refractivity contribution in [2.24, 2.45) is 0 Å². The lowest BCUT2D eigenvalue weighted by atomic mass is 10.1. The second kappa shape index (κ2) is 9.91. The molecular formula is C15H30N4O. The maximum absolute atomic E-state index is 8.85. The van der Waals surface area contributed by atoms with Crippen molar-refractivity contribution in [2.45, 2.75) is 52.7 Å². The highest BCUT2D eigenvalue weighted by Gasteiger charge is 2.05. The Morgan fingerprint density at radius 3 is 2.80 bits per heavy atom.